The molecule has 0 saturated heterocycles. The Balaban J connectivity index is 1.63. The van der Waals surface area contributed by atoms with E-state index in [-0.39, 0.29) is 18.3 Å². The maximum Gasteiger partial charge on any atom is 0.0596 e. The van der Waals surface area contributed by atoms with Crippen LogP contribution < -0.4 is 0 Å². The summed E-state index contributed by atoms with van der Waals surface area (Å²) in [6, 6.07) is 0. The molecule has 29 heavy (non-hydrogen) atoms. The molecule has 0 aromatic rings. The molecule has 3 rings (SSSR count). The van der Waals surface area contributed by atoms with Crippen LogP contribution in [0.4, 0.5) is 0 Å². The lowest BCUT2D eigenvalue weighted by atomic mass is 9.62. The van der Waals surface area contributed by atoms with Crippen molar-refractivity contribution >= 4 is 0 Å². The molecule has 3 fully saturated rings. The van der Waals surface area contributed by atoms with Gasteiger partial charge in [-0.05, 0) is 105 Å². The fourth-order valence-corrected chi connectivity index (χ4v) is 7.27. The van der Waals surface area contributed by atoms with Crippen molar-refractivity contribution in [3.8, 4) is 0 Å². The molecule has 3 N–H and O–H groups in total. The predicted octanol–water partition coefficient (Wildman–Crippen LogP) is 5.27. The van der Waals surface area contributed by atoms with E-state index in [4.69, 9.17) is 0 Å². The van der Waals surface area contributed by atoms with Crippen molar-refractivity contribution in [3.63, 3.8) is 0 Å². The zero-order valence-corrected chi connectivity index (χ0v) is 19.6. The van der Waals surface area contributed by atoms with Gasteiger partial charge in [0.25, 0.3) is 0 Å². The quantitative estimate of drug-likeness (QED) is 0.581. The summed E-state index contributed by atoms with van der Waals surface area (Å²) in [5.74, 6) is 4.98. The second-order valence-corrected chi connectivity index (χ2v) is 11.7. The van der Waals surface area contributed by atoms with E-state index in [9.17, 15) is 15.3 Å². The van der Waals surface area contributed by atoms with Gasteiger partial charge in [-0.15, -0.1) is 0 Å². The third-order valence-corrected chi connectivity index (χ3v) is 9.50. The second-order valence-electron chi connectivity index (χ2n) is 11.7. The highest BCUT2D eigenvalue weighted by molar-refractivity contribution is 4.92. The van der Waals surface area contributed by atoms with Gasteiger partial charge in [0.1, 0.15) is 0 Å². The van der Waals surface area contributed by atoms with Gasteiger partial charge in [-0.25, -0.2) is 0 Å². The number of rotatable bonds is 5. The summed E-state index contributed by atoms with van der Waals surface area (Å²) in [5.41, 5.74) is 0. The molecule has 0 amide bonds. The predicted molar refractivity (Wildman–Crippen MR) is 119 cm³/mol. The van der Waals surface area contributed by atoms with Crippen molar-refractivity contribution in [2.45, 2.75) is 111 Å². The molecule has 0 aromatic carbocycles. The average Bonchev–Trinajstić information content (AvgIpc) is 2.66. The van der Waals surface area contributed by atoms with E-state index in [1.807, 2.05) is 0 Å². The van der Waals surface area contributed by atoms with E-state index in [1.54, 1.807) is 0 Å². The van der Waals surface area contributed by atoms with Crippen LogP contribution in [0.2, 0.25) is 0 Å². The Kier molecular flexibility index (Phi) is 8.12. The molecule has 3 saturated carbocycles. The molecular formula is C26H48O3. The maximum absolute atomic E-state index is 11.1. The molecule has 0 bridgehead atoms. The first kappa shape index (κ1) is 23.5. The Morgan fingerprint density at radius 1 is 0.552 bits per heavy atom. The number of hydrogen-bond acceptors (Lipinski definition) is 3. The highest BCUT2D eigenvalue weighted by Gasteiger charge is 2.41. The van der Waals surface area contributed by atoms with Crippen LogP contribution in [0.15, 0.2) is 0 Å². The first-order valence-electron chi connectivity index (χ1n) is 12.7. The van der Waals surface area contributed by atoms with Gasteiger partial charge >= 0.3 is 0 Å². The van der Waals surface area contributed by atoms with Crippen molar-refractivity contribution in [2.24, 2.45) is 53.3 Å². The van der Waals surface area contributed by atoms with E-state index in [1.165, 1.54) is 19.3 Å². The highest BCUT2D eigenvalue weighted by atomic mass is 16.3. The largest absolute Gasteiger partial charge is 0.393 e. The Bertz CT molecular complexity index is 508. The summed E-state index contributed by atoms with van der Waals surface area (Å²) >= 11 is 0. The van der Waals surface area contributed by atoms with Gasteiger partial charge in [0, 0.05) is 0 Å². The Labute approximate surface area is 179 Å². The van der Waals surface area contributed by atoms with Crippen LogP contribution in [-0.2, 0) is 0 Å². The lowest BCUT2D eigenvalue weighted by Crippen LogP contribution is -2.41. The van der Waals surface area contributed by atoms with Crippen LogP contribution in [-0.4, -0.2) is 33.6 Å². The van der Waals surface area contributed by atoms with Gasteiger partial charge in [0.2, 0.25) is 0 Å². The van der Waals surface area contributed by atoms with Crippen LogP contribution in [0.5, 0.6) is 0 Å². The SMILES string of the molecule is CCC1CC(CC2CC(C)C(O)CC2C)CC(CC2CC(C)C(O)CC2C)C1O. The van der Waals surface area contributed by atoms with Gasteiger partial charge in [-0.3, -0.25) is 0 Å². The Morgan fingerprint density at radius 3 is 1.55 bits per heavy atom. The average molecular weight is 409 g/mol. The summed E-state index contributed by atoms with van der Waals surface area (Å²) in [4.78, 5) is 0. The zero-order chi connectivity index (χ0) is 21.3. The monoisotopic (exact) mass is 408 g/mol. The summed E-state index contributed by atoms with van der Waals surface area (Å²) in [5, 5.41) is 31.6. The minimum absolute atomic E-state index is 0.115. The topological polar surface area (TPSA) is 60.7 Å². The molecule has 12 atom stereocenters. The summed E-state index contributed by atoms with van der Waals surface area (Å²) in [6.07, 6.45) is 9.64. The minimum atomic E-state index is -0.143. The molecule has 3 aliphatic carbocycles. The van der Waals surface area contributed by atoms with Gasteiger partial charge in [0.15, 0.2) is 0 Å². The molecule has 3 nitrogen and oxygen atoms in total. The smallest absolute Gasteiger partial charge is 0.0596 e. The summed E-state index contributed by atoms with van der Waals surface area (Å²) < 4.78 is 0. The molecule has 0 radical (unpaired) electrons. The summed E-state index contributed by atoms with van der Waals surface area (Å²) in [6.45, 7) is 11.3. The van der Waals surface area contributed by atoms with Gasteiger partial charge in [0.05, 0.1) is 18.3 Å². The third kappa shape index (κ3) is 5.57. The van der Waals surface area contributed by atoms with Gasteiger partial charge in [-0.2, -0.15) is 0 Å². The zero-order valence-electron chi connectivity index (χ0n) is 19.6. The van der Waals surface area contributed by atoms with E-state index in [0.29, 0.717) is 41.4 Å². The van der Waals surface area contributed by atoms with Gasteiger partial charge in [-0.1, -0.05) is 41.0 Å². The van der Waals surface area contributed by atoms with Crippen LogP contribution >= 0.6 is 0 Å². The molecule has 12 unspecified atom stereocenters. The lowest BCUT2D eigenvalue weighted by Gasteiger charge is -2.45. The van der Waals surface area contributed by atoms with Crippen LogP contribution in [0.1, 0.15) is 92.4 Å². The fourth-order valence-electron chi connectivity index (χ4n) is 7.27. The molecule has 3 aliphatic rings. The highest BCUT2D eigenvalue weighted by Crippen LogP contribution is 2.47. The number of hydrogen-bond donors (Lipinski definition) is 3. The van der Waals surface area contributed by atoms with Gasteiger partial charge < -0.3 is 15.3 Å². The van der Waals surface area contributed by atoms with Crippen molar-refractivity contribution in [3.05, 3.63) is 0 Å². The number of aliphatic hydroxyl groups is 3. The first-order valence-corrected chi connectivity index (χ1v) is 12.7. The van der Waals surface area contributed by atoms with E-state index < -0.39 is 0 Å². The van der Waals surface area contributed by atoms with Crippen LogP contribution in [0.25, 0.3) is 0 Å². The third-order valence-electron chi connectivity index (χ3n) is 9.50. The standard InChI is InChI=1S/C26H48O3/c1-6-20-11-19(12-21-7-17(4)24(27)9-15(21)2)13-23(26(20)29)14-22-8-18(5)25(28)10-16(22)3/h15-29H,6-14H2,1-5H3. The van der Waals surface area contributed by atoms with Crippen molar-refractivity contribution < 1.29 is 15.3 Å². The maximum atomic E-state index is 11.1. The molecule has 3 heteroatoms. The number of aliphatic hydroxyl groups excluding tert-OH is 3. The molecule has 0 aliphatic heterocycles. The van der Waals surface area contributed by atoms with E-state index >= 15 is 0 Å². The normalized spacial score (nSPS) is 51.7. The molecular weight excluding hydrogens is 360 g/mol. The van der Waals surface area contributed by atoms with Crippen LogP contribution in [0.3, 0.4) is 0 Å². The Morgan fingerprint density at radius 2 is 1.03 bits per heavy atom. The molecule has 0 heterocycles. The molecule has 0 aromatic heterocycles. The second kappa shape index (κ2) is 10.0. The Hall–Kier alpha value is -0.120. The molecule has 170 valence electrons. The first-order chi connectivity index (χ1) is 13.7. The van der Waals surface area contributed by atoms with Crippen molar-refractivity contribution in [1.82, 2.24) is 0 Å². The molecule has 0 spiro atoms. The van der Waals surface area contributed by atoms with E-state index in [0.717, 1.165) is 50.4 Å². The summed E-state index contributed by atoms with van der Waals surface area (Å²) in [7, 11) is 0. The fraction of sp³-hybridized carbons (Fsp3) is 1.00. The van der Waals surface area contributed by atoms with E-state index in [2.05, 4.69) is 34.6 Å². The van der Waals surface area contributed by atoms with Crippen molar-refractivity contribution in [1.29, 1.82) is 0 Å². The van der Waals surface area contributed by atoms with Crippen LogP contribution in [0, 0.1) is 53.3 Å². The van der Waals surface area contributed by atoms with Crippen molar-refractivity contribution in [2.75, 3.05) is 0 Å². The lowest BCUT2D eigenvalue weighted by molar-refractivity contribution is -0.0428. The minimum Gasteiger partial charge on any atom is -0.393 e.